The molecule has 0 bridgehead atoms. The molecule has 0 saturated heterocycles. The van der Waals surface area contributed by atoms with Gasteiger partial charge in [-0.15, -0.1) is 0 Å². The van der Waals surface area contributed by atoms with Crippen LogP contribution in [0.1, 0.15) is 19.4 Å². The topological polar surface area (TPSA) is 79.9 Å². The number of ether oxygens (including phenoxy) is 1. The van der Waals surface area contributed by atoms with Crippen LogP contribution in [0.25, 0.3) is 128 Å². The second-order valence-corrected chi connectivity index (χ2v) is 19.0. The van der Waals surface area contributed by atoms with Crippen molar-refractivity contribution in [3.63, 3.8) is 0 Å². The van der Waals surface area contributed by atoms with Gasteiger partial charge in [0.15, 0.2) is 17.5 Å². The second kappa shape index (κ2) is 16.9. The summed E-state index contributed by atoms with van der Waals surface area (Å²) in [5.74, 6) is 2.73. The highest BCUT2D eigenvalue weighted by Gasteiger charge is 2.31. The van der Waals surface area contributed by atoms with Gasteiger partial charge in [-0.2, -0.15) is 5.26 Å². The van der Waals surface area contributed by atoms with Crippen LogP contribution in [0.3, 0.4) is 0 Å². The molecular weight excluding hydrogens is 881 g/mol. The Morgan fingerprint density at radius 1 is 0.472 bits per heavy atom. The first-order valence-electron chi connectivity index (χ1n) is 24.4. The molecule has 0 radical (unpaired) electrons. The van der Waals surface area contributed by atoms with Gasteiger partial charge in [0, 0.05) is 64.1 Å². The largest absolute Gasteiger partial charge is 0.490 e. The number of benzene rings is 10. The van der Waals surface area contributed by atoms with Crippen molar-refractivity contribution in [3.05, 3.63) is 206 Å². The second-order valence-electron chi connectivity index (χ2n) is 19.0. The normalized spacial score (nSPS) is 11.7. The van der Waals surface area contributed by atoms with Gasteiger partial charge in [-0.05, 0) is 123 Å². The van der Waals surface area contributed by atoms with Gasteiger partial charge in [-0.1, -0.05) is 146 Å². The molecule has 2 aromatic heterocycles. The van der Waals surface area contributed by atoms with Gasteiger partial charge in [0.25, 0.3) is 0 Å². The van der Waals surface area contributed by atoms with Crippen molar-refractivity contribution in [2.45, 2.75) is 20.0 Å². The van der Waals surface area contributed by atoms with E-state index in [0.29, 0.717) is 23.0 Å². The highest BCUT2D eigenvalue weighted by molar-refractivity contribution is 6.25. The van der Waals surface area contributed by atoms with E-state index >= 15 is 0 Å². The maximum atomic E-state index is 9.67. The molecule has 0 unspecified atom stereocenters. The molecule has 10 aromatic carbocycles. The first-order chi connectivity index (χ1) is 35.3. The van der Waals surface area contributed by atoms with Gasteiger partial charge < -0.3 is 14.2 Å². The summed E-state index contributed by atoms with van der Waals surface area (Å²) in [6.45, 7) is 4.18. The lowest BCUT2D eigenvalue weighted by molar-refractivity contribution is 0.243. The zero-order chi connectivity index (χ0) is 48.6. The van der Waals surface area contributed by atoms with E-state index in [1.165, 1.54) is 32.7 Å². The average Bonchev–Trinajstić information content (AvgIpc) is 3.94. The summed E-state index contributed by atoms with van der Waals surface area (Å²) in [7, 11) is 4.23. The van der Waals surface area contributed by atoms with Gasteiger partial charge in [-0.25, -0.2) is 15.0 Å². The van der Waals surface area contributed by atoms with E-state index in [1.54, 1.807) is 0 Å². The lowest BCUT2D eigenvalue weighted by Gasteiger charge is -2.21. The molecule has 12 aromatic rings. The van der Waals surface area contributed by atoms with E-state index in [0.717, 1.165) is 89.0 Å². The monoisotopic (exact) mass is 926 g/mol. The van der Waals surface area contributed by atoms with Gasteiger partial charge >= 0.3 is 0 Å². The Morgan fingerprint density at radius 2 is 1.04 bits per heavy atom. The summed E-state index contributed by atoms with van der Waals surface area (Å²) >= 11 is 0. The zero-order valence-corrected chi connectivity index (χ0v) is 40.2. The summed E-state index contributed by atoms with van der Waals surface area (Å²) < 4.78 is 8.94. The molecular formula is C65H46N6O. The van der Waals surface area contributed by atoms with Crippen molar-refractivity contribution in [2.75, 3.05) is 19.0 Å². The summed E-state index contributed by atoms with van der Waals surface area (Å²) in [6, 6.07) is 72.7. The minimum Gasteiger partial charge on any atom is -0.490 e. The summed E-state index contributed by atoms with van der Waals surface area (Å²) in [5, 5.41) is 16.7. The maximum absolute atomic E-state index is 9.67. The van der Waals surface area contributed by atoms with Crippen LogP contribution in [-0.4, -0.2) is 39.7 Å². The quantitative estimate of drug-likeness (QED) is 0.143. The lowest BCUT2D eigenvalue weighted by Crippen LogP contribution is -2.11. The number of anilines is 1. The molecule has 0 amide bonds. The predicted molar refractivity (Wildman–Crippen MR) is 296 cm³/mol. The zero-order valence-electron chi connectivity index (χ0n) is 40.2. The number of hydrogen-bond acceptors (Lipinski definition) is 6. The Labute approximate surface area is 417 Å². The van der Waals surface area contributed by atoms with Crippen LogP contribution in [0.5, 0.6) is 5.75 Å². The molecule has 13 rings (SSSR count). The lowest BCUT2D eigenvalue weighted by atomic mass is 9.88. The van der Waals surface area contributed by atoms with Crippen LogP contribution < -0.4 is 9.64 Å². The van der Waals surface area contributed by atoms with E-state index in [1.807, 2.05) is 54.6 Å². The van der Waals surface area contributed by atoms with Gasteiger partial charge in [0.1, 0.15) is 5.75 Å². The molecule has 0 aliphatic heterocycles. The smallest absolute Gasteiger partial charge is 0.164 e. The number of nitriles is 1. The Balaban J connectivity index is 1.02. The molecule has 342 valence electrons. The Bertz CT molecular complexity index is 4190. The molecule has 7 nitrogen and oxygen atoms in total. The minimum absolute atomic E-state index is 0.00162. The van der Waals surface area contributed by atoms with E-state index in [9.17, 15) is 5.26 Å². The van der Waals surface area contributed by atoms with E-state index in [4.69, 9.17) is 19.7 Å². The van der Waals surface area contributed by atoms with Crippen molar-refractivity contribution in [2.24, 2.45) is 0 Å². The van der Waals surface area contributed by atoms with Crippen LogP contribution in [0.2, 0.25) is 0 Å². The number of fused-ring (bicyclic) bond motifs is 7. The van der Waals surface area contributed by atoms with Crippen molar-refractivity contribution >= 4 is 49.0 Å². The molecule has 72 heavy (non-hydrogen) atoms. The highest BCUT2D eigenvalue weighted by Crippen LogP contribution is 2.57. The Kier molecular flexibility index (Phi) is 10.0. The van der Waals surface area contributed by atoms with Crippen molar-refractivity contribution < 1.29 is 4.74 Å². The first-order valence-corrected chi connectivity index (χ1v) is 24.4. The fourth-order valence-corrected chi connectivity index (χ4v) is 10.8. The molecule has 7 heteroatoms. The van der Waals surface area contributed by atoms with Crippen molar-refractivity contribution in [1.29, 1.82) is 5.26 Å². The van der Waals surface area contributed by atoms with Crippen LogP contribution in [-0.2, 0) is 0 Å². The minimum atomic E-state index is -0.00162. The molecule has 0 spiro atoms. The molecule has 0 saturated carbocycles. The third kappa shape index (κ3) is 6.99. The summed E-state index contributed by atoms with van der Waals surface area (Å²) in [5.41, 5.74) is 16.8. The maximum Gasteiger partial charge on any atom is 0.164 e. The van der Waals surface area contributed by atoms with Crippen LogP contribution in [0.4, 0.5) is 5.69 Å². The highest BCUT2D eigenvalue weighted by atomic mass is 16.5. The molecule has 0 fully saturated rings. The fraction of sp³-hybridized carbons (Fsp3) is 0.0769. The standard InChI is InChI=1S/C65H46N6O/c1-39(2)72-58-35-34-56(70(3)4)61-53-32-30-49(42-21-23-44(24-22-42)64-67-63(43-13-6-5-7-14-43)68-65(69-64)47-25-20-41-12-8-9-15-45(41)36-47)59-50(31-33-54(60(53)59)62(58)61)46-26-29-52-51-16-10-11-17-55(51)71(57(52)37-46)48-27-18-40(38-66)19-28-48/h5-37,39H,1-4H3. The third-order valence-electron chi connectivity index (χ3n) is 14.1. The number of para-hydroxylation sites is 1. The Morgan fingerprint density at radius 3 is 1.76 bits per heavy atom. The van der Waals surface area contributed by atoms with Gasteiger partial charge in [0.05, 0.1) is 28.8 Å². The van der Waals surface area contributed by atoms with Crippen molar-refractivity contribution in [3.8, 4) is 96.2 Å². The molecule has 1 aliphatic rings. The number of hydrogen-bond donors (Lipinski definition) is 0. The molecule has 2 heterocycles. The van der Waals surface area contributed by atoms with E-state index < -0.39 is 0 Å². The van der Waals surface area contributed by atoms with E-state index in [-0.39, 0.29) is 6.10 Å². The van der Waals surface area contributed by atoms with Gasteiger partial charge in [0.2, 0.25) is 0 Å². The molecule has 1 aliphatic carbocycles. The molecule has 0 atom stereocenters. The summed E-state index contributed by atoms with van der Waals surface area (Å²) in [4.78, 5) is 17.5. The fourth-order valence-electron chi connectivity index (χ4n) is 10.8. The number of aromatic nitrogens is 4. The van der Waals surface area contributed by atoms with Crippen LogP contribution >= 0.6 is 0 Å². The molecule has 0 N–H and O–H groups in total. The average molecular weight is 927 g/mol. The van der Waals surface area contributed by atoms with Crippen LogP contribution in [0, 0.1) is 11.3 Å². The van der Waals surface area contributed by atoms with Crippen molar-refractivity contribution in [1.82, 2.24) is 19.5 Å². The Hall–Kier alpha value is -9.38. The van der Waals surface area contributed by atoms with Gasteiger partial charge in [-0.3, -0.25) is 0 Å². The van der Waals surface area contributed by atoms with E-state index in [2.05, 4.69) is 189 Å². The number of rotatable bonds is 9. The third-order valence-corrected chi connectivity index (χ3v) is 14.1. The predicted octanol–water partition coefficient (Wildman–Crippen LogP) is 16.0. The van der Waals surface area contributed by atoms with Crippen LogP contribution in [0.15, 0.2) is 200 Å². The number of nitrogens with zero attached hydrogens (tertiary/aromatic N) is 6. The first kappa shape index (κ1) is 42.7. The SMILES string of the molecule is CC(C)Oc1ccc(N(C)C)c2c1-c1ccc(-c3ccc4c5ccccc5n(-c5ccc(C#N)cc5)c4c3)c3c(-c4ccc(-c5nc(-c6ccccc6)nc(-c6ccc7ccccc7c6)n5)cc4)ccc-2c13. The summed E-state index contributed by atoms with van der Waals surface area (Å²) in [6.07, 6.45) is -0.00162.